The predicted molar refractivity (Wildman–Crippen MR) is 103 cm³/mol. The molecule has 0 radical (unpaired) electrons. The van der Waals surface area contributed by atoms with Gasteiger partial charge in [0.15, 0.2) is 11.5 Å². The number of nitrogens with zero attached hydrogens (tertiary/aromatic N) is 2. The van der Waals surface area contributed by atoms with Gasteiger partial charge in [-0.2, -0.15) is 0 Å². The summed E-state index contributed by atoms with van der Waals surface area (Å²) in [5.41, 5.74) is 1.76. The van der Waals surface area contributed by atoms with Crippen molar-refractivity contribution in [1.29, 1.82) is 0 Å². The lowest BCUT2D eigenvalue weighted by atomic mass is 9.92. The second-order valence-corrected chi connectivity index (χ2v) is 7.46. The average Bonchev–Trinajstić information content (AvgIpc) is 2.88. The molecule has 2 aromatic rings. The van der Waals surface area contributed by atoms with E-state index in [2.05, 4.69) is 4.98 Å². The van der Waals surface area contributed by atoms with Gasteiger partial charge in [-0.25, -0.2) is 0 Å². The number of carbonyl (C=O) groups is 2. The summed E-state index contributed by atoms with van der Waals surface area (Å²) < 4.78 is 0. The molecule has 3 rings (SSSR count). The number of carbonyl (C=O) groups excluding carboxylic acids is 2. The molecule has 1 aliphatic heterocycles. The zero-order valence-electron chi connectivity index (χ0n) is 15.2. The van der Waals surface area contributed by atoms with Gasteiger partial charge >= 0.3 is 0 Å². The van der Waals surface area contributed by atoms with Gasteiger partial charge in [-0.1, -0.05) is 37.6 Å². The third-order valence-corrected chi connectivity index (χ3v) is 4.74. The van der Waals surface area contributed by atoms with Crippen molar-refractivity contribution in [2.75, 3.05) is 0 Å². The van der Waals surface area contributed by atoms with Crippen LogP contribution < -0.4 is 0 Å². The lowest BCUT2D eigenvalue weighted by molar-refractivity contribution is -0.130. The van der Waals surface area contributed by atoms with E-state index in [1.54, 1.807) is 48.8 Å². The van der Waals surface area contributed by atoms with E-state index in [1.807, 2.05) is 13.8 Å². The lowest BCUT2D eigenvalue weighted by Crippen LogP contribution is -2.30. The van der Waals surface area contributed by atoms with E-state index >= 15 is 0 Å². The molecule has 1 atom stereocenters. The minimum absolute atomic E-state index is 0.119. The first kappa shape index (κ1) is 19.1. The van der Waals surface area contributed by atoms with E-state index < -0.39 is 17.7 Å². The summed E-state index contributed by atoms with van der Waals surface area (Å²) in [4.78, 5) is 31.1. The lowest BCUT2D eigenvalue weighted by Gasteiger charge is -2.27. The van der Waals surface area contributed by atoms with Crippen molar-refractivity contribution >= 4 is 23.3 Å². The summed E-state index contributed by atoms with van der Waals surface area (Å²) in [6.07, 6.45) is 3.55. The highest BCUT2D eigenvalue weighted by Gasteiger charge is 2.43. The molecule has 0 spiro atoms. The summed E-state index contributed by atoms with van der Waals surface area (Å²) in [5.74, 6) is -1.10. The number of hydrogen-bond donors (Lipinski definition) is 1. The maximum Gasteiger partial charge on any atom is 0.290 e. The number of pyridine rings is 1. The normalized spacial score (nSPS) is 17.1. The van der Waals surface area contributed by atoms with Gasteiger partial charge in [-0.05, 0) is 41.3 Å². The Bertz CT molecular complexity index is 876. The number of halogens is 1. The highest BCUT2D eigenvalue weighted by Crippen LogP contribution is 2.39. The van der Waals surface area contributed by atoms with Crippen LogP contribution in [0, 0.1) is 5.92 Å². The van der Waals surface area contributed by atoms with Crippen LogP contribution in [0.3, 0.4) is 0 Å². The number of aromatic nitrogens is 1. The minimum Gasteiger partial charge on any atom is -0.503 e. The monoisotopic (exact) mass is 384 g/mol. The minimum atomic E-state index is -0.644. The van der Waals surface area contributed by atoms with Gasteiger partial charge in [0.2, 0.25) is 0 Å². The van der Waals surface area contributed by atoms with Gasteiger partial charge in [-0.15, -0.1) is 0 Å². The number of hydrogen-bond acceptors (Lipinski definition) is 4. The number of benzene rings is 1. The van der Waals surface area contributed by atoms with E-state index in [1.165, 1.54) is 4.90 Å². The standard InChI is InChI=1S/C21H21ClN2O3/c1-13(2)11-17(25)18-19(15-3-5-16(22)6-4-15)24(21(27)20(18)26)12-14-7-9-23-10-8-14/h3-10,13,19,26H,11-12H2,1-2H3. The highest BCUT2D eigenvalue weighted by molar-refractivity contribution is 6.30. The van der Waals surface area contributed by atoms with Crippen molar-refractivity contribution in [3.8, 4) is 0 Å². The summed E-state index contributed by atoms with van der Waals surface area (Å²) in [6.45, 7) is 4.12. The third kappa shape index (κ3) is 4.03. The zero-order chi connectivity index (χ0) is 19.6. The Morgan fingerprint density at radius 1 is 1.19 bits per heavy atom. The van der Waals surface area contributed by atoms with E-state index in [-0.39, 0.29) is 30.2 Å². The Kier molecular flexibility index (Phi) is 5.61. The maximum absolute atomic E-state index is 12.8. The molecule has 0 saturated carbocycles. The molecule has 0 saturated heterocycles. The quantitative estimate of drug-likeness (QED) is 0.808. The average molecular weight is 385 g/mol. The van der Waals surface area contributed by atoms with Crippen LogP contribution >= 0.6 is 11.6 Å². The fourth-order valence-electron chi connectivity index (χ4n) is 3.26. The molecule has 140 valence electrons. The van der Waals surface area contributed by atoms with Crippen molar-refractivity contribution < 1.29 is 14.7 Å². The third-order valence-electron chi connectivity index (χ3n) is 4.49. The molecule has 1 aliphatic rings. The van der Waals surface area contributed by atoms with Gasteiger partial charge in [0.25, 0.3) is 5.91 Å². The molecule has 1 aromatic carbocycles. The fraction of sp³-hybridized carbons (Fsp3) is 0.286. The zero-order valence-corrected chi connectivity index (χ0v) is 16.0. The molecular weight excluding hydrogens is 364 g/mol. The van der Waals surface area contributed by atoms with Crippen LogP contribution in [0.1, 0.15) is 37.4 Å². The topological polar surface area (TPSA) is 70.5 Å². The molecular formula is C21H21ClN2O3. The number of ketones is 1. The highest BCUT2D eigenvalue weighted by atomic mass is 35.5. The molecule has 0 bridgehead atoms. The van der Waals surface area contributed by atoms with Gasteiger partial charge in [0.05, 0.1) is 11.6 Å². The molecule has 27 heavy (non-hydrogen) atoms. The predicted octanol–water partition coefficient (Wildman–Crippen LogP) is 4.25. The first-order valence-corrected chi connectivity index (χ1v) is 9.18. The first-order chi connectivity index (χ1) is 12.9. The van der Waals surface area contributed by atoms with E-state index in [4.69, 9.17) is 11.6 Å². The van der Waals surface area contributed by atoms with Crippen molar-refractivity contribution in [3.63, 3.8) is 0 Å². The summed E-state index contributed by atoms with van der Waals surface area (Å²) in [7, 11) is 0. The Hall–Kier alpha value is -2.66. The second-order valence-electron chi connectivity index (χ2n) is 7.03. The number of amides is 1. The van der Waals surface area contributed by atoms with E-state index in [0.29, 0.717) is 5.02 Å². The number of aliphatic hydroxyl groups excluding tert-OH is 1. The Labute approximate surface area is 163 Å². The Morgan fingerprint density at radius 2 is 1.81 bits per heavy atom. The van der Waals surface area contributed by atoms with Crippen LogP contribution in [-0.2, 0) is 16.1 Å². The number of aliphatic hydroxyl groups is 1. The Balaban J connectivity index is 2.03. The molecule has 2 heterocycles. The van der Waals surface area contributed by atoms with Crippen LogP contribution in [-0.4, -0.2) is 26.7 Å². The van der Waals surface area contributed by atoms with Gasteiger partial charge in [0.1, 0.15) is 0 Å². The number of Topliss-reactive ketones (excluding diaryl/α,β-unsaturated/α-hetero) is 1. The van der Waals surface area contributed by atoms with Crippen LogP contribution in [0.15, 0.2) is 60.1 Å². The van der Waals surface area contributed by atoms with Crippen molar-refractivity contribution in [3.05, 3.63) is 76.3 Å². The van der Waals surface area contributed by atoms with Gasteiger partial charge in [0, 0.05) is 30.4 Å². The molecule has 1 N–H and O–H groups in total. The van der Waals surface area contributed by atoms with Gasteiger partial charge < -0.3 is 10.0 Å². The van der Waals surface area contributed by atoms with Crippen LogP contribution in [0.5, 0.6) is 0 Å². The molecule has 1 unspecified atom stereocenters. The largest absolute Gasteiger partial charge is 0.503 e. The number of rotatable bonds is 6. The first-order valence-electron chi connectivity index (χ1n) is 8.80. The fourth-order valence-corrected chi connectivity index (χ4v) is 3.38. The molecule has 6 heteroatoms. The molecule has 0 fully saturated rings. The summed E-state index contributed by atoms with van der Waals surface area (Å²) in [5, 5.41) is 11.1. The van der Waals surface area contributed by atoms with Gasteiger partial charge in [-0.3, -0.25) is 14.6 Å². The van der Waals surface area contributed by atoms with E-state index in [0.717, 1.165) is 11.1 Å². The van der Waals surface area contributed by atoms with Crippen LogP contribution in [0.2, 0.25) is 5.02 Å². The summed E-state index contributed by atoms with van der Waals surface area (Å²) in [6, 6.07) is 9.95. The van der Waals surface area contributed by atoms with Crippen molar-refractivity contribution in [2.24, 2.45) is 5.92 Å². The molecule has 1 amide bonds. The SMILES string of the molecule is CC(C)CC(=O)C1=C(O)C(=O)N(Cc2ccncc2)C1c1ccc(Cl)cc1. The second kappa shape index (κ2) is 7.92. The summed E-state index contributed by atoms with van der Waals surface area (Å²) >= 11 is 5.99. The molecule has 1 aromatic heterocycles. The maximum atomic E-state index is 12.8. The smallest absolute Gasteiger partial charge is 0.290 e. The Morgan fingerprint density at radius 3 is 2.41 bits per heavy atom. The molecule has 0 aliphatic carbocycles. The van der Waals surface area contributed by atoms with Crippen molar-refractivity contribution in [1.82, 2.24) is 9.88 Å². The molecule has 5 nitrogen and oxygen atoms in total. The van der Waals surface area contributed by atoms with Crippen LogP contribution in [0.25, 0.3) is 0 Å². The van der Waals surface area contributed by atoms with Crippen LogP contribution in [0.4, 0.5) is 0 Å². The van der Waals surface area contributed by atoms with E-state index in [9.17, 15) is 14.7 Å². The van der Waals surface area contributed by atoms with Crippen molar-refractivity contribution in [2.45, 2.75) is 32.9 Å².